The summed E-state index contributed by atoms with van der Waals surface area (Å²) in [6.45, 7) is 6.67. The van der Waals surface area contributed by atoms with Crippen molar-refractivity contribution < 1.29 is 0 Å². The van der Waals surface area contributed by atoms with E-state index < -0.39 is 0 Å². The van der Waals surface area contributed by atoms with Crippen molar-refractivity contribution in [3.8, 4) is 0 Å². The third-order valence-electron chi connectivity index (χ3n) is 2.57. The third-order valence-corrected chi connectivity index (χ3v) is 3.94. The highest BCUT2D eigenvalue weighted by Crippen LogP contribution is 2.28. The fraction of sp³-hybridized carbons (Fsp3) is 0.500. The first-order valence-corrected chi connectivity index (χ1v) is 7.18. The molecule has 2 aromatic rings. The van der Waals surface area contributed by atoms with Crippen molar-refractivity contribution >= 4 is 33.2 Å². The normalized spacial score (nSPS) is 14.1. The van der Waals surface area contributed by atoms with Crippen LogP contribution in [0.25, 0.3) is 10.2 Å². The minimum atomic E-state index is 0.176. The molecular weight excluding hydrogens is 250 g/mol. The first kappa shape index (κ1) is 12.8. The maximum Gasteiger partial charge on any atom is 0.0953 e. The van der Waals surface area contributed by atoms with Crippen LogP contribution in [0.4, 0.5) is 0 Å². The Labute approximate surface area is 112 Å². The summed E-state index contributed by atoms with van der Waals surface area (Å²) in [7, 11) is 0. The number of hydrogen-bond donors (Lipinski definition) is 0. The largest absolute Gasteiger partial charge is 0.241 e. The summed E-state index contributed by atoms with van der Waals surface area (Å²) >= 11 is 8.15. The topological polar surface area (TPSA) is 12.9 Å². The van der Waals surface area contributed by atoms with Crippen LogP contribution < -0.4 is 0 Å². The second kappa shape index (κ2) is 4.95. The van der Waals surface area contributed by atoms with Gasteiger partial charge < -0.3 is 0 Å². The van der Waals surface area contributed by atoms with Crippen LogP contribution in [0.5, 0.6) is 0 Å². The molecule has 92 valence electrons. The lowest BCUT2D eigenvalue weighted by Gasteiger charge is -2.21. The van der Waals surface area contributed by atoms with Gasteiger partial charge >= 0.3 is 0 Å². The van der Waals surface area contributed by atoms with Gasteiger partial charge in [0.05, 0.1) is 15.2 Å². The van der Waals surface area contributed by atoms with Crippen molar-refractivity contribution in [3.63, 3.8) is 0 Å². The fourth-order valence-electron chi connectivity index (χ4n) is 1.93. The van der Waals surface area contributed by atoms with Crippen molar-refractivity contribution in [1.29, 1.82) is 0 Å². The van der Waals surface area contributed by atoms with E-state index in [2.05, 4.69) is 44.0 Å². The van der Waals surface area contributed by atoms with Gasteiger partial charge in [-0.15, -0.1) is 22.9 Å². The molecule has 1 aromatic carbocycles. The molecule has 1 nitrogen and oxygen atoms in total. The number of fused-ring (bicyclic) bond motifs is 1. The van der Waals surface area contributed by atoms with Crippen LogP contribution in [0.2, 0.25) is 0 Å². The van der Waals surface area contributed by atoms with Gasteiger partial charge in [0.15, 0.2) is 0 Å². The SMILES string of the molecule is CC(C)(C)CC(Cl)Cc1nc2ccccc2s1. The molecule has 1 atom stereocenters. The highest BCUT2D eigenvalue weighted by atomic mass is 35.5. The zero-order valence-electron chi connectivity index (χ0n) is 10.5. The Balaban J connectivity index is 2.08. The summed E-state index contributed by atoms with van der Waals surface area (Å²) < 4.78 is 1.25. The zero-order chi connectivity index (χ0) is 12.5. The van der Waals surface area contributed by atoms with Crippen LogP contribution in [-0.2, 0) is 6.42 Å². The van der Waals surface area contributed by atoms with E-state index in [0.717, 1.165) is 23.4 Å². The number of alkyl halides is 1. The maximum atomic E-state index is 6.39. The predicted octanol–water partition coefficient (Wildman–Crippen LogP) is 4.88. The monoisotopic (exact) mass is 267 g/mol. The number of aromatic nitrogens is 1. The first-order valence-electron chi connectivity index (χ1n) is 5.92. The Morgan fingerprint density at radius 3 is 2.65 bits per heavy atom. The molecule has 1 heterocycles. The van der Waals surface area contributed by atoms with Crippen LogP contribution >= 0.6 is 22.9 Å². The second-order valence-electron chi connectivity index (χ2n) is 5.64. The van der Waals surface area contributed by atoms with Gasteiger partial charge in [0.2, 0.25) is 0 Å². The minimum Gasteiger partial charge on any atom is -0.241 e. The highest BCUT2D eigenvalue weighted by molar-refractivity contribution is 7.18. The number of hydrogen-bond acceptors (Lipinski definition) is 2. The van der Waals surface area contributed by atoms with Crippen molar-refractivity contribution in [3.05, 3.63) is 29.3 Å². The van der Waals surface area contributed by atoms with E-state index in [1.165, 1.54) is 4.70 Å². The molecule has 0 radical (unpaired) electrons. The van der Waals surface area contributed by atoms with Gasteiger partial charge in [0.25, 0.3) is 0 Å². The Kier molecular flexibility index (Phi) is 3.74. The van der Waals surface area contributed by atoms with E-state index in [-0.39, 0.29) is 10.8 Å². The van der Waals surface area contributed by atoms with Crippen LogP contribution in [0, 0.1) is 5.41 Å². The standard InChI is InChI=1S/C14H18ClNS/c1-14(2,3)9-10(15)8-13-16-11-6-4-5-7-12(11)17-13/h4-7,10H,8-9H2,1-3H3. The zero-order valence-corrected chi connectivity index (χ0v) is 12.1. The van der Waals surface area contributed by atoms with E-state index in [9.17, 15) is 0 Å². The molecule has 0 amide bonds. The van der Waals surface area contributed by atoms with Gasteiger partial charge in [0.1, 0.15) is 0 Å². The number of benzene rings is 1. The van der Waals surface area contributed by atoms with E-state index >= 15 is 0 Å². The Morgan fingerprint density at radius 1 is 1.29 bits per heavy atom. The predicted molar refractivity (Wildman–Crippen MR) is 77.0 cm³/mol. The molecule has 2 rings (SSSR count). The fourth-order valence-corrected chi connectivity index (χ4v) is 3.68. The average Bonchev–Trinajstić information content (AvgIpc) is 2.55. The van der Waals surface area contributed by atoms with Crippen molar-refractivity contribution in [2.24, 2.45) is 5.41 Å². The van der Waals surface area contributed by atoms with Crippen LogP contribution in [0.1, 0.15) is 32.2 Å². The molecule has 0 aliphatic carbocycles. The molecule has 1 aromatic heterocycles. The first-order chi connectivity index (χ1) is 7.94. The molecule has 0 aliphatic rings. The molecular formula is C14H18ClNS. The molecule has 0 fully saturated rings. The van der Waals surface area contributed by atoms with E-state index in [1.807, 2.05) is 6.07 Å². The molecule has 0 bridgehead atoms. The summed E-state index contributed by atoms with van der Waals surface area (Å²) in [6, 6.07) is 8.25. The lowest BCUT2D eigenvalue weighted by Crippen LogP contribution is -2.15. The Hall–Kier alpha value is -0.600. The Morgan fingerprint density at radius 2 is 2.00 bits per heavy atom. The Bertz CT molecular complexity index is 465. The smallest absolute Gasteiger partial charge is 0.0953 e. The molecule has 17 heavy (non-hydrogen) atoms. The lowest BCUT2D eigenvalue weighted by atomic mass is 9.90. The highest BCUT2D eigenvalue weighted by Gasteiger charge is 2.18. The second-order valence-corrected chi connectivity index (χ2v) is 7.37. The number of rotatable bonds is 3. The molecule has 1 unspecified atom stereocenters. The minimum absolute atomic E-state index is 0.176. The summed E-state index contributed by atoms with van der Waals surface area (Å²) in [5, 5.41) is 1.33. The van der Waals surface area contributed by atoms with Gasteiger partial charge in [-0.25, -0.2) is 4.98 Å². The summed E-state index contributed by atoms with van der Waals surface area (Å²) in [6.07, 6.45) is 1.89. The number of thiazole rings is 1. The van der Waals surface area contributed by atoms with Gasteiger partial charge in [0, 0.05) is 11.8 Å². The molecule has 0 saturated heterocycles. The van der Waals surface area contributed by atoms with Crippen LogP contribution in [-0.4, -0.2) is 10.4 Å². The van der Waals surface area contributed by atoms with Crippen molar-refractivity contribution in [2.75, 3.05) is 0 Å². The number of para-hydroxylation sites is 1. The van der Waals surface area contributed by atoms with E-state index in [1.54, 1.807) is 11.3 Å². The quantitative estimate of drug-likeness (QED) is 0.722. The van der Waals surface area contributed by atoms with E-state index in [4.69, 9.17) is 11.6 Å². The van der Waals surface area contributed by atoms with Gasteiger partial charge in [-0.05, 0) is 24.0 Å². The number of halogens is 1. The van der Waals surface area contributed by atoms with Crippen LogP contribution in [0.3, 0.4) is 0 Å². The number of nitrogens with zero attached hydrogens (tertiary/aromatic N) is 1. The maximum absolute atomic E-state index is 6.39. The molecule has 0 saturated carbocycles. The van der Waals surface area contributed by atoms with Crippen molar-refractivity contribution in [1.82, 2.24) is 4.98 Å². The van der Waals surface area contributed by atoms with E-state index in [0.29, 0.717) is 0 Å². The lowest BCUT2D eigenvalue weighted by molar-refractivity contribution is 0.369. The third kappa shape index (κ3) is 3.68. The van der Waals surface area contributed by atoms with Crippen molar-refractivity contribution in [2.45, 2.75) is 39.0 Å². The molecule has 3 heteroatoms. The average molecular weight is 268 g/mol. The van der Waals surface area contributed by atoms with Gasteiger partial charge in [-0.1, -0.05) is 32.9 Å². The molecule has 0 aliphatic heterocycles. The molecule has 0 spiro atoms. The molecule has 0 N–H and O–H groups in total. The van der Waals surface area contributed by atoms with Crippen LogP contribution in [0.15, 0.2) is 24.3 Å². The van der Waals surface area contributed by atoms with Gasteiger partial charge in [-0.3, -0.25) is 0 Å². The summed E-state index contributed by atoms with van der Waals surface area (Å²) in [5.74, 6) is 0. The van der Waals surface area contributed by atoms with Gasteiger partial charge in [-0.2, -0.15) is 0 Å². The summed E-state index contributed by atoms with van der Waals surface area (Å²) in [4.78, 5) is 4.62. The summed E-state index contributed by atoms with van der Waals surface area (Å²) in [5.41, 5.74) is 1.37.